The van der Waals surface area contributed by atoms with Crippen molar-refractivity contribution in [3.8, 4) is 11.5 Å². The minimum absolute atomic E-state index is 0. The lowest BCUT2D eigenvalue weighted by Gasteiger charge is -2.55. The molecule has 7 rings (SSSR count). The van der Waals surface area contributed by atoms with Crippen LogP contribution in [0.1, 0.15) is 70.2 Å². The number of hydrogen-bond donors (Lipinski definition) is 1. The van der Waals surface area contributed by atoms with E-state index in [0.717, 1.165) is 45.4 Å². The monoisotopic (exact) mass is 752 g/mol. The number of amides is 1. The van der Waals surface area contributed by atoms with E-state index in [0.29, 0.717) is 31.2 Å². The maximum Gasteiger partial charge on any atom is 0.282 e. The van der Waals surface area contributed by atoms with E-state index < -0.39 is 21.7 Å². The number of benzene rings is 1. The summed E-state index contributed by atoms with van der Waals surface area (Å²) >= 11 is 0. The molecule has 0 aliphatic carbocycles. The van der Waals surface area contributed by atoms with Gasteiger partial charge in [0.2, 0.25) is 0 Å². The summed E-state index contributed by atoms with van der Waals surface area (Å²) in [4.78, 5) is 28.3. The first-order valence-electron chi connectivity index (χ1n) is 18.0. The average molecular weight is 753 g/mol. The van der Waals surface area contributed by atoms with Crippen LogP contribution < -0.4 is 15.0 Å². The molecule has 1 N–H and O–H groups in total. The third-order valence-electron chi connectivity index (χ3n) is 11.4. The summed E-state index contributed by atoms with van der Waals surface area (Å²) in [6, 6.07) is 4.05. The second-order valence-corrected chi connectivity index (χ2v) is 17.5. The Kier molecular flexibility index (Phi) is 10.9. The maximum atomic E-state index is 16.1. The van der Waals surface area contributed by atoms with Gasteiger partial charge in [0.1, 0.15) is 23.6 Å². The second-order valence-electron chi connectivity index (χ2n) is 15.6. The third kappa shape index (κ3) is 7.56. The molecule has 1 amide bonds. The van der Waals surface area contributed by atoms with Crippen molar-refractivity contribution in [1.29, 1.82) is 0 Å². The normalized spacial score (nSPS) is 24.9. The van der Waals surface area contributed by atoms with E-state index in [9.17, 15) is 17.6 Å². The van der Waals surface area contributed by atoms with Crippen LogP contribution in [0.3, 0.4) is 0 Å². The summed E-state index contributed by atoms with van der Waals surface area (Å²) in [5.74, 6) is 0.416. The fraction of sp³-hybridized carbons (Fsp3) is 0.686. The van der Waals surface area contributed by atoms with Crippen molar-refractivity contribution >= 4 is 34.3 Å². The molecule has 0 radical (unpaired) electrons. The molecule has 5 fully saturated rings. The van der Waals surface area contributed by atoms with Crippen LogP contribution in [0, 0.1) is 11.2 Å². The summed E-state index contributed by atoms with van der Waals surface area (Å²) in [7, 11) is -3.56. The van der Waals surface area contributed by atoms with E-state index in [1.807, 2.05) is 27.7 Å². The fourth-order valence-corrected chi connectivity index (χ4v) is 10.6. The fourth-order valence-electron chi connectivity index (χ4n) is 8.75. The van der Waals surface area contributed by atoms with Crippen molar-refractivity contribution in [3.63, 3.8) is 0 Å². The Balaban J connectivity index is 0.00000448. The first-order valence-corrected chi connectivity index (χ1v) is 19.4. The van der Waals surface area contributed by atoms with Crippen LogP contribution in [-0.4, -0.2) is 131 Å². The number of hydrogen-bond acceptors (Lipinski definition) is 9. The molecule has 1 spiro atoms. The number of anilines is 1. The zero-order valence-electron chi connectivity index (χ0n) is 29.9. The lowest BCUT2D eigenvalue weighted by Crippen LogP contribution is -2.62. The highest BCUT2D eigenvalue weighted by Crippen LogP contribution is 2.45. The molecule has 2 aromatic rings. The molecular weight excluding hydrogens is 702 g/mol. The Morgan fingerprint density at radius 3 is 2.35 bits per heavy atom. The Labute approximate surface area is 306 Å². The number of piperidine rings is 2. The van der Waals surface area contributed by atoms with E-state index in [-0.39, 0.29) is 85.1 Å². The van der Waals surface area contributed by atoms with Gasteiger partial charge < -0.3 is 24.8 Å². The molecule has 2 bridgehead atoms. The van der Waals surface area contributed by atoms with Crippen molar-refractivity contribution in [2.45, 2.75) is 89.6 Å². The molecule has 5 aliphatic rings. The Morgan fingerprint density at radius 2 is 1.75 bits per heavy atom. The minimum Gasteiger partial charge on any atom is -0.451 e. The number of likely N-dealkylation sites (tertiary alicyclic amines) is 1. The second kappa shape index (κ2) is 14.6. The zero-order valence-corrected chi connectivity index (χ0v) is 31.6. The average Bonchev–Trinajstić information content (AvgIpc) is 3.70. The highest BCUT2D eigenvalue weighted by Gasteiger charge is 2.50. The molecular formula is C35H51ClF2N8O4S. The van der Waals surface area contributed by atoms with Crippen molar-refractivity contribution < 1.29 is 26.7 Å². The summed E-state index contributed by atoms with van der Waals surface area (Å²) in [6.45, 7) is 12.8. The number of aromatic nitrogens is 2. The van der Waals surface area contributed by atoms with Crippen LogP contribution >= 0.6 is 12.4 Å². The Morgan fingerprint density at radius 1 is 1.06 bits per heavy atom. The van der Waals surface area contributed by atoms with Crippen LogP contribution in [-0.2, 0) is 10.2 Å². The molecule has 5 saturated heterocycles. The molecule has 1 aromatic heterocycles. The van der Waals surface area contributed by atoms with Gasteiger partial charge in [0.15, 0.2) is 11.6 Å². The summed E-state index contributed by atoms with van der Waals surface area (Å²) in [5.41, 5.74) is -1.18. The van der Waals surface area contributed by atoms with Crippen molar-refractivity contribution in [2.24, 2.45) is 5.41 Å². The highest BCUT2D eigenvalue weighted by molar-refractivity contribution is 7.86. The summed E-state index contributed by atoms with van der Waals surface area (Å²) in [6.07, 6.45) is 6.17. The van der Waals surface area contributed by atoms with Gasteiger partial charge in [-0.2, -0.15) is 17.0 Å². The van der Waals surface area contributed by atoms with Gasteiger partial charge in [-0.3, -0.25) is 4.79 Å². The largest absolute Gasteiger partial charge is 0.451 e. The van der Waals surface area contributed by atoms with Gasteiger partial charge in [-0.25, -0.2) is 18.7 Å². The van der Waals surface area contributed by atoms with Gasteiger partial charge in [0.05, 0.1) is 11.8 Å². The smallest absolute Gasteiger partial charge is 0.282 e. The minimum atomic E-state index is -3.56. The Bertz CT molecular complexity index is 1670. The number of nitrogens with one attached hydrogen (secondary N) is 1. The van der Waals surface area contributed by atoms with E-state index in [2.05, 4.69) is 25.1 Å². The van der Waals surface area contributed by atoms with Gasteiger partial charge in [0.25, 0.3) is 16.1 Å². The number of nitrogens with zero attached hydrogens (tertiary/aromatic N) is 7. The number of carbonyl (C=O) groups excluding carboxylic acids is 1. The van der Waals surface area contributed by atoms with E-state index >= 15 is 4.39 Å². The van der Waals surface area contributed by atoms with Crippen molar-refractivity contribution in [3.05, 3.63) is 42.1 Å². The molecule has 16 heteroatoms. The third-order valence-corrected chi connectivity index (χ3v) is 13.5. The standard InChI is InChI=1S/C35H50F2N8O4S.ClH/c1-24(2)45(25(3)4)33(46)29-15-26(36)5-6-30(29)49-31-18-38-23-40-32(31)42-20-34(21-42)7-11-41(12-8-34)22-35(37)9-13-43(14-10-35)50(47,48)44-19-27-16-28(44)17-39-27;/h5-6,15,18,23-25,27-28,39H,7-14,16-17,19-22H2,1-4H3;1H/t27-,28-;/m0./s1. The number of alkyl halides is 1. The molecule has 5 aliphatic heterocycles. The molecule has 0 saturated carbocycles. The van der Waals surface area contributed by atoms with Gasteiger partial charge >= 0.3 is 0 Å². The van der Waals surface area contributed by atoms with E-state index in [4.69, 9.17) is 4.74 Å². The molecule has 2 atom stereocenters. The SMILES string of the molecule is CC(C)N(C(=O)c1cc(F)ccc1Oc1cncnc1N1CC2(CCN(CC3(F)CCN(S(=O)(=O)N4C[C@@H]5C[C@H]4CN5)CC3)CC2)C1)C(C)C.Cl. The van der Waals surface area contributed by atoms with Crippen LogP contribution in [0.2, 0.25) is 0 Å². The van der Waals surface area contributed by atoms with E-state index in [1.54, 1.807) is 15.4 Å². The van der Waals surface area contributed by atoms with Gasteiger partial charge in [-0.05, 0) is 91.1 Å². The highest BCUT2D eigenvalue weighted by atomic mass is 35.5. The summed E-state index contributed by atoms with van der Waals surface area (Å²) in [5, 5.41) is 3.34. The maximum absolute atomic E-state index is 16.1. The van der Waals surface area contributed by atoms with Crippen LogP contribution in [0.25, 0.3) is 0 Å². The number of piperazine rings is 1. The number of halogens is 3. The quantitative estimate of drug-likeness (QED) is 0.384. The predicted octanol–water partition coefficient (Wildman–Crippen LogP) is 4.09. The molecule has 1 aromatic carbocycles. The number of rotatable bonds is 10. The zero-order chi connectivity index (χ0) is 35.4. The van der Waals surface area contributed by atoms with Crippen LogP contribution in [0.5, 0.6) is 11.5 Å². The number of ether oxygens (including phenoxy) is 1. The Hall–Kier alpha value is -2.69. The molecule has 282 valence electrons. The van der Waals surface area contributed by atoms with Crippen molar-refractivity contribution in [1.82, 2.24) is 33.7 Å². The molecule has 6 heterocycles. The number of fused-ring (bicyclic) bond motifs is 2. The summed E-state index contributed by atoms with van der Waals surface area (Å²) < 4.78 is 66.5. The lowest BCUT2D eigenvalue weighted by atomic mass is 9.71. The molecule has 12 nitrogen and oxygen atoms in total. The lowest BCUT2D eigenvalue weighted by molar-refractivity contribution is 0.00813. The van der Waals surface area contributed by atoms with Gasteiger partial charge in [-0.1, -0.05) is 0 Å². The number of carbonyl (C=O) groups is 1. The molecule has 51 heavy (non-hydrogen) atoms. The van der Waals surface area contributed by atoms with E-state index in [1.165, 1.54) is 28.8 Å². The van der Waals surface area contributed by atoms with Crippen molar-refractivity contribution in [2.75, 3.05) is 63.8 Å². The topological polar surface area (TPSA) is 114 Å². The first kappa shape index (κ1) is 38.0. The van der Waals surface area contributed by atoms with Gasteiger partial charge in [-0.15, -0.1) is 12.4 Å². The van der Waals surface area contributed by atoms with Gasteiger partial charge in [0, 0.05) is 75.4 Å². The molecule has 0 unspecified atom stereocenters. The van der Waals surface area contributed by atoms with Crippen LogP contribution in [0.15, 0.2) is 30.7 Å². The first-order chi connectivity index (χ1) is 23.8. The van der Waals surface area contributed by atoms with Crippen LogP contribution in [0.4, 0.5) is 14.6 Å². The predicted molar refractivity (Wildman–Crippen MR) is 193 cm³/mol.